The number of benzene rings is 2. The highest BCUT2D eigenvalue weighted by atomic mass is 16.7. The van der Waals surface area contributed by atoms with Gasteiger partial charge in [-0.3, -0.25) is 20.2 Å². The molecule has 0 bridgehead atoms. The number of nitro groups is 2. The van der Waals surface area contributed by atoms with E-state index >= 15 is 0 Å². The number of carbonyl (C=O) groups is 2. The van der Waals surface area contributed by atoms with Crippen molar-refractivity contribution in [3.05, 3.63) is 67.8 Å². The Balaban J connectivity index is 1.33. The van der Waals surface area contributed by atoms with Crippen LogP contribution in [0.3, 0.4) is 0 Å². The average molecular weight is 471 g/mol. The van der Waals surface area contributed by atoms with Crippen LogP contribution in [0.5, 0.6) is 0 Å². The van der Waals surface area contributed by atoms with Gasteiger partial charge in [0.15, 0.2) is 11.4 Å². The predicted octanol–water partition coefficient (Wildman–Crippen LogP) is 1.95. The molecule has 0 aliphatic carbocycles. The minimum atomic E-state index is -1.18. The van der Waals surface area contributed by atoms with E-state index in [0.29, 0.717) is 24.0 Å². The number of nitrogens with two attached hydrogens (primary N) is 1. The number of anilines is 2. The van der Waals surface area contributed by atoms with Gasteiger partial charge < -0.3 is 15.4 Å². The largest absolute Gasteiger partial charge is 0.348 e. The number of para-hydroxylation sites is 2. The van der Waals surface area contributed by atoms with E-state index in [0.717, 1.165) is 5.06 Å². The Labute approximate surface area is 192 Å². The van der Waals surface area contributed by atoms with Crippen molar-refractivity contribution in [2.45, 2.75) is 31.7 Å². The summed E-state index contributed by atoms with van der Waals surface area (Å²) in [6.07, 6.45) is 0.612. The number of rotatable bonds is 8. The van der Waals surface area contributed by atoms with Crippen LogP contribution in [0, 0.1) is 20.2 Å². The number of hydroxylamine groups is 2. The van der Waals surface area contributed by atoms with Crippen LogP contribution in [0.4, 0.5) is 22.7 Å². The zero-order chi connectivity index (χ0) is 24.4. The quantitative estimate of drug-likeness (QED) is 0.440. The molecule has 34 heavy (non-hydrogen) atoms. The first-order chi connectivity index (χ1) is 16.3. The normalized spacial score (nSPS) is 14.9. The Hall–Kier alpha value is -4.26. The van der Waals surface area contributed by atoms with Crippen molar-refractivity contribution in [3.63, 3.8) is 0 Å². The number of hydrogen-bond donors (Lipinski definition) is 1. The van der Waals surface area contributed by atoms with Crippen molar-refractivity contribution in [3.8, 4) is 0 Å². The van der Waals surface area contributed by atoms with Crippen molar-refractivity contribution in [1.29, 1.82) is 0 Å². The smallest absolute Gasteiger partial charge is 0.341 e. The fourth-order valence-electron chi connectivity index (χ4n) is 4.02. The zero-order valence-electron chi connectivity index (χ0n) is 17.9. The molecule has 2 heterocycles. The maximum atomic E-state index is 12.4. The summed E-state index contributed by atoms with van der Waals surface area (Å²) in [7, 11) is 0. The molecule has 0 saturated heterocycles. The number of nitrogens with zero attached hydrogens (tertiary/aromatic N) is 4. The summed E-state index contributed by atoms with van der Waals surface area (Å²) in [5, 5.41) is 24.9. The zero-order valence-corrected chi connectivity index (χ0v) is 17.9. The van der Waals surface area contributed by atoms with Crippen LogP contribution in [0.15, 0.2) is 36.4 Å². The predicted molar refractivity (Wildman–Crippen MR) is 118 cm³/mol. The Morgan fingerprint density at radius 2 is 1.41 bits per heavy atom. The van der Waals surface area contributed by atoms with Crippen molar-refractivity contribution in [1.82, 2.24) is 0 Å². The first kappa shape index (κ1) is 22.9. The molecular weight excluding hydrogens is 450 g/mol. The third-order valence-electron chi connectivity index (χ3n) is 5.63. The standard InChI is InChI=1S/C21H21N5O8/c22-15(21(28)34-24-12-10-14-4-2-6-17(20(14)24)26(31)32)7-8-18(27)33-23-11-9-13-3-1-5-16(19(13)23)25(29)30/h1-6,15H,7-12,22H2/t15-/m0/s1. The SMILES string of the molecule is N[C@@H](CCC(=O)ON1CCc2cccc([N+](=O)[O-])c21)C(=O)ON1CCc2cccc([N+](=O)[O-])c21. The monoisotopic (exact) mass is 471 g/mol. The van der Waals surface area contributed by atoms with Gasteiger partial charge in [-0.1, -0.05) is 24.3 Å². The Morgan fingerprint density at radius 3 is 1.91 bits per heavy atom. The van der Waals surface area contributed by atoms with Gasteiger partial charge in [-0.15, -0.1) is 0 Å². The maximum Gasteiger partial charge on any atom is 0.348 e. The van der Waals surface area contributed by atoms with Gasteiger partial charge in [-0.25, -0.2) is 9.59 Å². The van der Waals surface area contributed by atoms with E-state index in [4.69, 9.17) is 15.4 Å². The molecule has 0 aromatic heterocycles. The first-order valence-electron chi connectivity index (χ1n) is 10.5. The molecule has 0 saturated carbocycles. The second-order valence-electron chi connectivity index (χ2n) is 7.81. The summed E-state index contributed by atoms with van der Waals surface area (Å²) in [5.74, 6) is -1.56. The third kappa shape index (κ3) is 4.45. The second kappa shape index (κ2) is 9.31. The molecule has 0 fully saturated rings. The van der Waals surface area contributed by atoms with Gasteiger partial charge in [-0.05, 0) is 30.4 Å². The molecule has 0 spiro atoms. The van der Waals surface area contributed by atoms with E-state index in [9.17, 15) is 29.8 Å². The van der Waals surface area contributed by atoms with Crippen LogP contribution < -0.4 is 15.9 Å². The molecule has 2 aliphatic rings. The van der Waals surface area contributed by atoms with Crippen LogP contribution in [0.1, 0.15) is 24.0 Å². The maximum absolute atomic E-state index is 12.4. The van der Waals surface area contributed by atoms with Crippen LogP contribution in [0.25, 0.3) is 0 Å². The van der Waals surface area contributed by atoms with Crippen molar-refractivity contribution in [2.75, 3.05) is 23.2 Å². The molecule has 1 atom stereocenters. The summed E-state index contributed by atoms with van der Waals surface area (Å²) < 4.78 is 0. The van der Waals surface area contributed by atoms with Gasteiger partial charge in [0.25, 0.3) is 11.4 Å². The average Bonchev–Trinajstić information content (AvgIpc) is 3.41. The Morgan fingerprint density at radius 1 is 0.912 bits per heavy atom. The molecular formula is C21H21N5O8. The lowest BCUT2D eigenvalue weighted by Gasteiger charge is -2.21. The van der Waals surface area contributed by atoms with Crippen LogP contribution >= 0.6 is 0 Å². The fourth-order valence-corrected chi connectivity index (χ4v) is 4.02. The lowest BCUT2D eigenvalue weighted by atomic mass is 10.1. The molecule has 2 N–H and O–H groups in total. The molecule has 2 aliphatic heterocycles. The summed E-state index contributed by atoms with van der Waals surface area (Å²) in [6.45, 7) is 0.515. The summed E-state index contributed by atoms with van der Waals surface area (Å²) in [5.41, 5.74) is 7.34. The van der Waals surface area contributed by atoms with Gasteiger partial charge in [0.1, 0.15) is 6.04 Å². The highest BCUT2D eigenvalue weighted by Gasteiger charge is 2.33. The lowest BCUT2D eigenvalue weighted by molar-refractivity contribution is -0.384. The number of fused-ring (bicyclic) bond motifs is 2. The van der Waals surface area contributed by atoms with Crippen LogP contribution in [-0.2, 0) is 32.1 Å². The molecule has 2 aromatic carbocycles. The van der Waals surface area contributed by atoms with Gasteiger partial charge in [-0.2, -0.15) is 10.1 Å². The topological polar surface area (TPSA) is 171 Å². The Kier molecular flexibility index (Phi) is 6.27. The summed E-state index contributed by atoms with van der Waals surface area (Å²) in [4.78, 5) is 56.8. The molecule has 0 amide bonds. The van der Waals surface area contributed by atoms with E-state index in [2.05, 4.69) is 0 Å². The van der Waals surface area contributed by atoms with Gasteiger partial charge in [0, 0.05) is 12.1 Å². The van der Waals surface area contributed by atoms with Crippen molar-refractivity contribution < 1.29 is 29.1 Å². The van der Waals surface area contributed by atoms with Gasteiger partial charge in [0.2, 0.25) is 0 Å². The number of carbonyl (C=O) groups excluding carboxylic acids is 2. The molecule has 4 rings (SSSR count). The molecule has 0 unspecified atom stereocenters. The second-order valence-corrected chi connectivity index (χ2v) is 7.81. The van der Waals surface area contributed by atoms with E-state index in [1.165, 1.54) is 17.2 Å². The first-order valence-corrected chi connectivity index (χ1v) is 10.5. The van der Waals surface area contributed by atoms with Gasteiger partial charge >= 0.3 is 11.9 Å². The number of hydrogen-bond acceptors (Lipinski definition) is 11. The van der Waals surface area contributed by atoms with E-state index < -0.39 is 27.8 Å². The molecule has 13 heteroatoms. The molecule has 0 radical (unpaired) electrons. The molecule has 2 aromatic rings. The lowest BCUT2D eigenvalue weighted by Crippen LogP contribution is -2.38. The molecule has 13 nitrogen and oxygen atoms in total. The van der Waals surface area contributed by atoms with Crippen molar-refractivity contribution >= 4 is 34.7 Å². The molecule has 178 valence electrons. The summed E-state index contributed by atoms with van der Waals surface area (Å²) >= 11 is 0. The fraction of sp³-hybridized carbons (Fsp3) is 0.333. The van der Waals surface area contributed by atoms with Crippen LogP contribution in [-0.4, -0.2) is 40.9 Å². The summed E-state index contributed by atoms with van der Waals surface area (Å²) in [6, 6.07) is 8.04. The van der Waals surface area contributed by atoms with E-state index in [-0.39, 0.29) is 48.7 Å². The van der Waals surface area contributed by atoms with E-state index in [1.807, 2.05) is 0 Å². The number of nitro benzene ring substituents is 2. The minimum Gasteiger partial charge on any atom is -0.341 e. The highest BCUT2D eigenvalue weighted by Crippen LogP contribution is 2.38. The van der Waals surface area contributed by atoms with Crippen molar-refractivity contribution in [2.24, 2.45) is 5.73 Å². The van der Waals surface area contributed by atoms with Gasteiger partial charge in [0.05, 0.1) is 29.4 Å². The van der Waals surface area contributed by atoms with Crippen LogP contribution in [0.2, 0.25) is 0 Å². The third-order valence-corrected chi connectivity index (χ3v) is 5.63. The minimum absolute atomic E-state index is 0.104. The Bertz CT molecular complexity index is 1170. The van der Waals surface area contributed by atoms with E-state index in [1.54, 1.807) is 24.3 Å². The highest BCUT2D eigenvalue weighted by molar-refractivity contribution is 5.80.